The van der Waals surface area contributed by atoms with Gasteiger partial charge in [0.1, 0.15) is 0 Å². The van der Waals surface area contributed by atoms with Gasteiger partial charge in [-0.15, -0.1) is 0 Å². The highest BCUT2D eigenvalue weighted by Gasteiger charge is 2.33. The van der Waals surface area contributed by atoms with Crippen LogP contribution in [0.5, 0.6) is 0 Å². The summed E-state index contributed by atoms with van der Waals surface area (Å²) in [7, 11) is 0. The molecule has 0 aliphatic rings. The van der Waals surface area contributed by atoms with Gasteiger partial charge in [0.25, 0.3) is 0 Å². The van der Waals surface area contributed by atoms with Crippen molar-refractivity contribution in [3.8, 4) is 0 Å². The minimum Gasteiger partial charge on any atom is -0.323 e. The molecule has 2 nitrogen and oxygen atoms in total. The van der Waals surface area contributed by atoms with Crippen LogP contribution in [0.1, 0.15) is 11.1 Å². The van der Waals surface area contributed by atoms with E-state index >= 15 is 0 Å². The Hall–Kier alpha value is -0.790. The Morgan fingerprint density at radius 1 is 1.36 bits per heavy atom. The van der Waals surface area contributed by atoms with E-state index in [0.717, 1.165) is 6.07 Å². The highest BCUT2D eigenvalue weighted by molar-refractivity contribution is 14.1. The fourth-order valence-electron chi connectivity index (χ4n) is 0.949. The van der Waals surface area contributed by atoms with Crippen molar-refractivity contribution in [3.05, 3.63) is 32.9 Å². The molecule has 76 valence electrons. The Kier molecular flexibility index (Phi) is 3.35. The lowest BCUT2D eigenvalue weighted by Crippen LogP contribution is -2.09. The van der Waals surface area contributed by atoms with Crippen molar-refractivity contribution in [1.29, 1.82) is 0 Å². The molecule has 0 saturated carbocycles. The molecular weight excluding hydrogens is 308 g/mol. The fourth-order valence-corrected chi connectivity index (χ4v) is 1.75. The van der Waals surface area contributed by atoms with E-state index in [-0.39, 0.29) is 3.57 Å². The summed E-state index contributed by atoms with van der Waals surface area (Å²) in [5.41, 5.74) is -0.307. The standard InChI is InChI=1S/C8H6F3IN2/c9-8(10,11)6-3-1-2-5(4-14-13)7(6)12/h1-4H,13H2. The van der Waals surface area contributed by atoms with E-state index in [1.54, 1.807) is 22.6 Å². The van der Waals surface area contributed by atoms with E-state index in [4.69, 9.17) is 5.84 Å². The Balaban J connectivity index is 3.28. The first-order valence-corrected chi connectivity index (χ1v) is 4.63. The molecular formula is C8H6F3IN2. The zero-order valence-electron chi connectivity index (χ0n) is 6.85. The molecule has 0 spiro atoms. The number of hydrogen-bond acceptors (Lipinski definition) is 2. The van der Waals surface area contributed by atoms with E-state index in [1.807, 2.05) is 0 Å². The molecule has 0 aliphatic heterocycles. The molecule has 6 heteroatoms. The summed E-state index contributed by atoms with van der Waals surface area (Å²) in [6, 6.07) is 3.87. The molecule has 0 saturated heterocycles. The van der Waals surface area contributed by atoms with Crippen LogP contribution in [0.15, 0.2) is 23.3 Å². The fraction of sp³-hybridized carbons (Fsp3) is 0.125. The number of rotatable bonds is 1. The van der Waals surface area contributed by atoms with Crippen LogP contribution < -0.4 is 5.84 Å². The predicted octanol–water partition coefficient (Wildman–Crippen LogP) is 2.60. The summed E-state index contributed by atoms with van der Waals surface area (Å²) < 4.78 is 37.3. The smallest absolute Gasteiger partial charge is 0.323 e. The molecule has 0 heterocycles. The van der Waals surface area contributed by atoms with Crippen LogP contribution in [-0.2, 0) is 6.18 Å². The monoisotopic (exact) mass is 314 g/mol. The Morgan fingerprint density at radius 3 is 2.50 bits per heavy atom. The summed E-state index contributed by atoms with van der Waals surface area (Å²) >= 11 is 1.62. The van der Waals surface area contributed by atoms with Crippen LogP contribution >= 0.6 is 22.6 Å². The van der Waals surface area contributed by atoms with E-state index in [9.17, 15) is 13.2 Å². The van der Waals surface area contributed by atoms with Gasteiger partial charge < -0.3 is 5.84 Å². The zero-order chi connectivity index (χ0) is 10.8. The number of alkyl halides is 3. The van der Waals surface area contributed by atoms with Crippen LogP contribution in [-0.4, -0.2) is 6.21 Å². The molecule has 0 aliphatic carbocycles. The molecule has 0 unspecified atom stereocenters. The average Bonchev–Trinajstić information content (AvgIpc) is 2.07. The molecule has 0 fully saturated rings. The normalized spacial score (nSPS) is 12.3. The van der Waals surface area contributed by atoms with Crippen molar-refractivity contribution in [3.63, 3.8) is 0 Å². The first kappa shape index (κ1) is 11.3. The quantitative estimate of drug-likeness (QED) is 0.368. The van der Waals surface area contributed by atoms with Gasteiger partial charge in [0.05, 0.1) is 11.8 Å². The predicted molar refractivity (Wildman–Crippen MR) is 55.9 cm³/mol. The largest absolute Gasteiger partial charge is 0.417 e. The van der Waals surface area contributed by atoms with Crippen molar-refractivity contribution >= 4 is 28.8 Å². The average molecular weight is 314 g/mol. The number of hydrogen-bond donors (Lipinski definition) is 1. The van der Waals surface area contributed by atoms with Crippen LogP contribution in [0.4, 0.5) is 13.2 Å². The van der Waals surface area contributed by atoms with Gasteiger partial charge >= 0.3 is 6.18 Å². The molecule has 14 heavy (non-hydrogen) atoms. The lowest BCUT2D eigenvalue weighted by molar-refractivity contribution is -0.138. The lowest BCUT2D eigenvalue weighted by Gasteiger charge is -2.10. The summed E-state index contributed by atoms with van der Waals surface area (Å²) in [5, 5.41) is 3.19. The van der Waals surface area contributed by atoms with Crippen LogP contribution in [0.3, 0.4) is 0 Å². The van der Waals surface area contributed by atoms with Crippen molar-refractivity contribution in [2.45, 2.75) is 6.18 Å². The zero-order valence-corrected chi connectivity index (χ0v) is 9.00. The minimum absolute atomic E-state index is 0.104. The van der Waals surface area contributed by atoms with Gasteiger partial charge in [0.2, 0.25) is 0 Å². The van der Waals surface area contributed by atoms with Gasteiger partial charge in [0.15, 0.2) is 0 Å². The maximum Gasteiger partial charge on any atom is 0.417 e. The van der Waals surface area contributed by atoms with Crippen molar-refractivity contribution in [2.75, 3.05) is 0 Å². The number of halogens is 4. The number of nitrogens with zero attached hydrogens (tertiary/aromatic N) is 1. The van der Waals surface area contributed by atoms with Crippen LogP contribution in [0, 0.1) is 3.57 Å². The second kappa shape index (κ2) is 4.16. The summed E-state index contributed by atoms with van der Waals surface area (Å²) in [6.07, 6.45) is -3.15. The first-order valence-electron chi connectivity index (χ1n) is 3.56. The third-order valence-corrected chi connectivity index (χ3v) is 2.75. The topological polar surface area (TPSA) is 38.4 Å². The second-order valence-corrected chi connectivity index (χ2v) is 3.56. The highest BCUT2D eigenvalue weighted by atomic mass is 127. The molecule has 0 aromatic heterocycles. The first-order chi connectivity index (χ1) is 6.46. The summed E-state index contributed by atoms with van der Waals surface area (Å²) in [5.74, 6) is 4.87. The molecule has 0 radical (unpaired) electrons. The molecule has 1 rings (SSSR count). The Morgan fingerprint density at radius 2 is 2.00 bits per heavy atom. The van der Waals surface area contributed by atoms with Gasteiger partial charge in [-0.2, -0.15) is 18.3 Å². The Bertz CT molecular complexity index is 360. The molecule has 1 aromatic carbocycles. The molecule has 0 atom stereocenters. The number of nitrogens with two attached hydrogens (primary N) is 1. The van der Waals surface area contributed by atoms with E-state index < -0.39 is 11.7 Å². The maximum absolute atomic E-state index is 12.4. The summed E-state index contributed by atoms with van der Waals surface area (Å²) in [6.45, 7) is 0. The number of benzene rings is 1. The van der Waals surface area contributed by atoms with Crippen molar-refractivity contribution in [2.24, 2.45) is 10.9 Å². The summed E-state index contributed by atoms with van der Waals surface area (Å²) in [4.78, 5) is 0. The Labute approximate surface area is 92.1 Å². The van der Waals surface area contributed by atoms with Gasteiger partial charge in [-0.25, -0.2) is 0 Å². The minimum atomic E-state index is -4.34. The lowest BCUT2D eigenvalue weighted by atomic mass is 10.1. The van der Waals surface area contributed by atoms with E-state index in [0.29, 0.717) is 5.56 Å². The van der Waals surface area contributed by atoms with Gasteiger partial charge in [-0.3, -0.25) is 0 Å². The number of hydrazone groups is 1. The van der Waals surface area contributed by atoms with E-state index in [1.165, 1.54) is 18.3 Å². The maximum atomic E-state index is 12.4. The molecule has 2 N–H and O–H groups in total. The second-order valence-electron chi connectivity index (χ2n) is 2.48. The van der Waals surface area contributed by atoms with E-state index in [2.05, 4.69) is 5.10 Å². The molecule has 1 aromatic rings. The third kappa shape index (κ3) is 2.37. The molecule has 0 amide bonds. The van der Waals surface area contributed by atoms with Crippen molar-refractivity contribution in [1.82, 2.24) is 0 Å². The van der Waals surface area contributed by atoms with Gasteiger partial charge in [-0.05, 0) is 28.7 Å². The van der Waals surface area contributed by atoms with Gasteiger partial charge in [0, 0.05) is 9.13 Å². The van der Waals surface area contributed by atoms with Crippen LogP contribution in [0.2, 0.25) is 0 Å². The van der Waals surface area contributed by atoms with Crippen molar-refractivity contribution < 1.29 is 13.2 Å². The highest BCUT2D eigenvalue weighted by Crippen LogP contribution is 2.33. The SMILES string of the molecule is NN=Cc1cccc(C(F)(F)F)c1I. The van der Waals surface area contributed by atoms with Crippen LogP contribution in [0.25, 0.3) is 0 Å². The molecule has 0 bridgehead atoms. The van der Waals surface area contributed by atoms with Gasteiger partial charge in [-0.1, -0.05) is 12.1 Å². The third-order valence-electron chi connectivity index (χ3n) is 1.55.